The van der Waals surface area contributed by atoms with Gasteiger partial charge >= 0.3 is 0 Å². The van der Waals surface area contributed by atoms with E-state index >= 15 is 0 Å². The van der Waals surface area contributed by atoms with Crippen LogP contribution in [0.3, 0.4) is 0 Å². The van der Waals surface area contributed by atoms with Gasteiger partial charge < -0.3 is 9.53 Å². The zero-order chi connectivity index (χ0) is 8.24. The fourth-order valence-corrected chi connectivity index (χ4v) is 0.484. The van der Waals surface area contributed by atoms with Gasteiger partial charge in [-0.15, -0.1) is 0 Å². The number of methoxy groups -OCH3 is 1. The van der Waals surface area contributed by atoms with Crippen LogP contribution in [-0.4, -0.2) is 25.3 Å². The summed E-state index contributed by atoms with van der Waals surface area (Å²) in [5.41, 5.74) is 0. The Bertz CT molecular complexity index is 55.6. The molecular weight excluding hydrogens is 196 g/mol. The van der Waals surface area contributed by atoms with E-state index in [9.17, 15) is 4.79 Å². The maximum absolute atomic E-state index is 9.54. The van der Waals surface area contributed by atoms with Crippen LogP contribution >= 0.6 is 15.9 Å². The van der Waals surface area contributed by atoms with Crippen molar-refractivity contribution in [2.45, 2.75) is 19.8 Å². The minimum atomic E-state index is 0.686. The molecule has 0 spiro atoms. The van der Waals surface area contributed by atoms with Gasteiger partial charge in [0.25, 0.3) is 0 Å². The van der Waals surface area contributed by atoms with Crippen molar-refractivity contribution in [2.75, 3.05) is 19.0 Å². The zero-order valence-corrected chi connectivity index (χ0v) is 8.19. The lowest BCUT2D eigenvalue weighted by Crippen LogP contribution is -1.73. The van der Waals surface area contributed by atoms with Crippen LogP contribution < -0.4 is 0 Å². The predicted molar refractivity (Wildman–Crippen MR) is 46.6 cm³/mol. The van der Waals surface area contributed by atoms with Crippen LogP contribution in [0, 0.1) is 0 Å². The van der Waals surface area contributed by atoms with E-state index < -0.39 is 0 Å². The summed E-state index contributed by atoms with van der Waals surface area (Å²) in [6, 6.07) is 0. The predicted octanol–water partition coefficient (Wildman–Crippen LogP) is 2.01. The van der Waals surface area contributed by atoms with Crippen molar-refractivity contribution in [1.82, 2.24) is 0 Å². The van der Waals surface area contributed by atoms with Gasteiger partial charge in [0.05, 0.1) is 0 Å². The molecule has 0 aromatic rings. The third-order valence-corrected chi connectivity index (χ3v) is 1.31. The van der Waals surface area contributed by atoms with E-state index in [1.165, 1.54) is 0 Å². The second kappa shape index (κ2) is 16.1. The Kier molecular flexibility index (Phi) is 20.5. The highest BCUT2D eigenvalue weighted by molar-refractivity contribution is 9.09. The van der Waals surface area contributed by atoms with Crippen molar-refractivity contribution in [3.8, 4) is 0 Å². The first-order valence-corrected chi connectivity index (χ1v) is 4.44. The summed E-state index contributed by atoms with van der Waals surface area (Å²) in [5.74, 6) is 0. The number of unbranched alkanes of at least 4 members (excludes halogenated alkanes) is 1. The molecule has 62 valence electrons. The lowest BCUT2D eigenvalue weighted by Gasteiger charge is -1.77. The number of halogens is 1. The van der Waals surface area contributed by atoms with E-state index in [1.807, 2.05) is 6.92 Å². The summed E-state index contributed by atoms with van der Waals surface area (Å²) < 4.78 is 4.54. The first-order valence-electron chi connectivity index (χ1n) is 3.32. The van der Waals surface area contributed by atoms with Crippen LogP contribution in [0.25, 0.3) is 0 Å². The fourth-order valence-electron chi connectivity index (χ4n) is 0.160. The number of aldehydes is 1. The molecule has 0 unspecified atom stereocenters. The Balaban J connectivity index is 0. The Morgan fingerprint density at radius 2 is 2.10 bits per heavy atom. The molecular formula is C7H15BrO2. The number of rotatable bonds is 4. The number of alkyl halides is 1. The second-order valence-corrected chi connectivity index (χ2v) is 2.37. The van der Waals surface area contributed by atoms with Crippen LogP contribution in [0.2, 0.25) is 0 Å². The number of hydrogen-bond acceptors (Lipinski definition) is 2. The fraction of sp³-hybridized carbons (Fsp3) is 0.857. The quantitative estimate of drug-likeness (QED) is 0.404. The average Bonchev–Trinajstić information content (AvgIpc) is 2.01. The van der Waals surface area contributed by atoms with Crippen LogP contribution in [0.1, 0.15) is 19.8 Å². The van der Waals surface area contributed by atoms with E-state index in [0.717, 1.165) is 24.6 Å². The third kappa shape index (κ3) is 24.3. The minimum absolute atomic E-state index is 0.686. The molecule has 0 aliphatic carbocycles. The second-order valence-electron chi connectivity index (χ2n) is 1.58. The molecule has 0 aromatic carbocycles. The molecule has 0 amide bonds. The third-order valence-electron chi connectivity index (χ3n) is 0.744. The number of hydrogen-bond donors (Lipinski definition) is 0. The van der Waals surface area contributed by atoms with Crippen LogP contribution in [0.15, 0.2) is 0 Å². The molecule has 10 heavy (non-hydrogen) atoms. The molecule has 0 fully saturated rings. The molecule has 0 heterocycles. The van der Waals surface area contributed by atoms with Crippen molar-refractivity contribution in [3.63, 3.8) is 0 Å². The SMILES string of the molecule is CCOC.O=CCCCBr. The van der Waals surface area contributed by atoms with E-state index in [2.05, 4.69) is 20.7 Å². The summed E-state index contributed by atoms with van der Waals surface area (Å²) in [7, 11) is 1.68. The van der Waals surface area contributed by atoms with Gasteiger partial charge in [-0.3, -0.25) is 0 Å². The monoisotopic (exact) mass is 210 g/mol. The first-order chi connectivity index (χ1) is 4.83. The minimum Gasteiger partial charge on any atom is -0.385 e. The van der Waals surface area contributed by atoms with Gasteiger partial charge in [0, 0.05) is 25.5 Å². The van der Waals surface area contributed by atoms with Gasteiger partial charge in [0.1, 0.15) is 6.29 Å². The van der Waals surface area contributed by atoms with Crippen molar-refractivity contribution in [2.24, 2.45) is 0 Å². The highest BCUT2D eigenvalue weighted by atomic mass is 79.9. The highest BCUT2D eigenvalue weighted by Gasteiger charge is 1.76. The van der Waals surface area contributed by atoms with E-state index in [1.54, 1.807) is 7.11 Å². The van der Waals surface area contributed by atoms with Crippen molar-refractivity contribution < 1.29 is 9.53 Å². The molecule has 3 heteroatoms. The number of carbonyl (C=O) groups excluding carboxylic acids is 1. The maximum Gasteiger partial charge on any atom is 0.120 e. The van der Waals surface area contributed by atoms with E-state index in [-0.39, 0.29) is 0 Å². The average molecular weight is 211 g/mol. The summed E-state index contributed by atoms with van der Waals surface area (Å²) in [6.07, 6.45) is 2.58. The van der Waals surface area contributed by atoms with E-state index in [0.29, 0.717) is 6.42 Å². The summed E-state index contributed by atoms with van der Waals surface area (Å²) in [5, 5.41) is 0.936. The maximum atomic E-state index is 9.54. The topological polar surface area (TPSA) is 26.3 Å². The smallest absolute Gasteiger partial charge is 0.120 e. The zero-order valence-electron chi connectivity index (χ0n) is 6.60. The number of carbonyl (C=O) groups is 1. The van der Waals surface area contributed by atoms with Gasteiger partial charge in [-0.05, 0) is 13.3 Å². The lowest BCUT2D eigenvalue weighted by atomic mass is 10.4. The molecule has 0 saturated heterocycles. The lowest BCUT2D eigenvalue weighted by molar-refractivity contribution is -0.107. The van der Waals surface area contributed by atoms with Crippen LogP contribution in [0.5, 0.6) is 0 Å². The summed E-state index contributed by atoms with van der Waals surface area (Å²) >= 11 is 3.19. The molecule has 0 aliphatic heterocycles. The van der Waals surface area contributed by atoms with Gasteiger partial charge in [-0.25, -0.2) is 0 Å². The Labute approximate surface area is 71.1 Å². The van der Waals surface area contributed by atoms with E-state index in [4.69, 9.17) is 0 Å². The Hall–Kier alpha value is 0.110. The summed E-state index contributed by atoms with van der Waals surface area (Å²) in [4.78, 5) is 9.54. The Morgan fingerprint density at radius 3 is 2.20 bits per heavy atom. The first kappa shape index (κ1) is 12.8. The molecule has 0 aromatic heterocycles. The molecule has 0 N–H and O–H groups in total. The standard InChI is InChI=1S/C4H7BrO.C3H8O/c5-3-1-2-4-6;1-3-4-2/h4H,1-3H2;3H2,1-2H3. The van der Waals surface area contributed by atoms with Crippen molar-refractivity contribution >= 4 is 22.2 Å². The van der Waals surface area contributed by atoms with Crippen LogP contribution in [0.4, 0.5) is 0 Å². The molecule has 0 radical (unpaired) electrons. The number of ether oxygens (including phenoxy) is 1. The van der Waals surface area contributed by atoms with Gasteiger partial charge in [0.15, 0.2) is 0 Å². The van der Waals surface area contributed by atoms with Gasteiger partial charge in [-0.1, -0.05) is 15.9 Å². The summed E-state index contributed by atoms with van der Waals surface area (Å²) in [6.45, 7) is 2.78. The molecule has 0 atom stereocenters. The molecule has 0 bridgehead atoms. The van der Waals surface area contributed by atoms with Crippen molar-refractivity contribution in [3.05, 3.63) is 0 Å². The van der Waals surface area contributed by atoms with Crippen molar-refractivity contribution in [1.29, 1.82) is 0 Å². The molecule has 0 aliphatic rings. The molecule has 0 saturated carbocycles. The van der Waals surface area contributed by atoms with Gasteiger partial charge in [0.2, 0.25) is 0 Å². The Morgan fingerprint density at radius 1 is 1.60 bits per heavy atom. The normalized spacial score (nSPS) is 7.90. The highest BCUT2D eigenvalue weighted by Crippen LogP contribution is 1.88. The molecule has 0 rings (SSSR count). The largest absolute Gasteiger partial charge is 0.385 e. The molecule has 2 nitrogen and oxygen atoms in total. The van der Waals surface area contributed by atoms with Crippen LogP contribution in [-0.2, 0) is 9.53 Å². The van der Waals surface area contributed by atoms with Gasteiger partial charge in [-0.2, -0.15) is 0 Å².